The Hall–Kier alpha value is -3.45. The molecule has 2 N–H and O–H groups in total. The van der Waals surface area contributed by atoms with Gasteiger partial charge in [-0.25, -0.2) is 9.97 Å². The smallest absolute Gasteiger partial charge is 0.229 e. The third-order valence-electron chi connectivity index (χ3n) is 5.80. The van der Waals surface area contributed by atoms with E-state index in [0.29, 0.717) is 11.7 Å². The number of carbonyl (C=O) groups is 1. The first kappa shape index (κ1) is 21.8. The summed E-state index contributed by atoms with van der Waals surface area (Å²) in [5.74, 6) is 2.42. The van der Waals surface area contributed by atoms with Gasteiger partial charge in [-0.2, -0.15) is 0 Å². The third-order valence-corrected chi connectivity index (χ3v) is 5.80. The van der Waals surface area contributed by atoms with E-state index in [1.54, 1.807) is 13.3 Å². The van der Waals surface area contributed by atoms with Crippen LogP contribution < -0.4 is 15.0 Å². The molecule has 7 heteroatoms. The molecule has 1 aliphatic rings. The molecule has 1 fully saturated rings. The highest BCUT2D eigenvalue weighted by Crippen LogP contribution is 2.27. The topological polar surface area (TPSA) is 87.6 Å². The number of hydrogen-bond acceptors (Lipinski definition) is 6. The van der Waals surface area contributed by atoms with Crippen molar-refractivity contribution >= 4 is 17.5 Å². The lowest BCUT2D eigenvalue weighted by Gasteiger charge is -2.32. The van der Waals surface area contributed by atoms with Crippen molar-refractivity contribution in [2.24, 2.45) is 5.92 Å². The molecule has 2 aromatic heterocycles. The summed E-state index contributed by atoms with van der Waals surface area (Å²) >= 11 is 0. The van der Waals surface area contributed by atoms with Crippen LogP contribution in [0, 0.1) is 5.92 Å². The summed E-state index contributed by atoms with van der Waals surface area (Å²) in [5.41, 5.74) is 2.86. The summed E-state index contributed by atoms with van der Waals surface area (Å²) in [6.45, 7) is 2.04. The molecular weight excluding hydrogens is 404 g/mol. The minimum atomic E-state index is -0.134. The summed E-state index contributed by atoms with van der Waals surface area (Å²) in [6.07, 6.45) is 5.70. The molecular formula is C25H28N4O3. The number of pyridine rings is 2. The average Bonchev–Trinajstić information content (AvgIpc) is 2.84. The Morgan fingerprint density at radius 3 is 2.59 bits per heavy atom. The maximum atomic E-state index is 12.5. The second-order valence-electron chi connectivity index (χ2n) is 8.02. The Labute approximate surface area is 188 Å². The van der Waals surface area contributed by atoms with E-state index in [-0.39, 0.29) is 18.9 Å². The third kappa shape index (κ3) is 5.42. The summed E-state index contributed by atoms with van der Waals surface area (Å²) in [7, 11) is 1.61. The first-order chi connectivity index (χ1) is 15.6. The number of aliphatic hydroxyl groups excluding tert-OH is 1. The number of piperidine rings is 1. The Bertz CT molecular complexity index is 1060. The molecule has 1 aromatic carbocycles. The molecule has 0 atom stereocenters. The van der Waals surface area contributed by atoms with E-state index >= 15 is 0 Å². The molecule has 3 heterocycles. The molecule has 7 nitrogen and oxygen atoms in total. The molecule has 0 radical (unpaired) electrons. The summed E-state index contributed by atoms with van der Waals surface area (Å²) < 4.78 is 5.22. The van der Waals surface area contributed by atoms with Crippen LogP contribution in [0.2, 0.25) is 0 Å². The fourth-order valence-electron chi connectivity index (χ4n) is 3.95. The van der Waals surface area contributed by atoms with Gasteiger partial charge < -0.3 is 20.1 Å². The molecule has 0 unspecified atom stereocenters. The first-order valence-electron chi connectivity index (χ1n) is 10.9. The van der Waals surface area contributed by atoms with E-state index in [4.69, 9.17) is 4.74 Å². The highest BCUT2D eigenvalue weighted by atomic mass is 16.5. The fraction of sp³-hybridized carbons (Fsp3) is 0.320. The molecule has 1 amide bonds. The summed E-state index contributed by atoms with van der Waals surface area (Å²) in [5, 5.41) is 12.2. The lowest BCUT2D eigenvalue weighted by molar-refractivity contribution is -0.115. The predicted octanol–water partition coefficient (Wildman–Crippen LogP) is 3.54. The van der Waals surface area contributed by atoms with Gasteiger partial charge >= 0.3 is 0 Å². The van der Waals surface area contributed by atoms with Gasteiger partial charge in [-0.05, 0) is 71.8 Å². The summed E-state index contributed by atoms with van der Waals surface area (Å²) in [4.78, 5) is 23.6. The quantitative estimate of drug-likeness (QED) is 0.594. The van der Waals surface area contributed by atoms with Crippen molar-refractivity contribution in [2.75, 3.05) is 37.0 Å². The van der Waals surface area contributed by atoms with Crippen LogP contribution in [0.1, 0.15) is 18.4 Å². The van der Waals surface area contributed by atoms with Crippen LogP contribution >= 0.6 is 0 Å². The van der Waals surface area contributed by atoms with Crippen molar-refractivity contribution in [2.45, 2.75) is 19.3 Å². The van der Waals surface area contributed by atoms with Crippen molar-refractivity contribution in [3.05, 3.63) is 66.5 Å². The Kier molecular flexibility index (Phi) is 6.97. The van der Waals surface area contributed by atoms with Crippen LogP contribution in [-0.4, -0.2) is 47.8 Å². The molecule has 0 spiro atoms. The highest BCUT2D eigenvalue weighted by molar-refractivity contribution is 5.92. The lowest BCUT2D eigenvalue weighted by atomic mass is 9.98. The molecule has 4 rings (SSSR count). The number of amides is 1. The van der Waals surface area contributed by atoms with Gasteiger partial charge in [0.1, 0.15) is 17.4 Å². The van der Waals surface area contributed by atoms with Gasteiger partial charge in [0.2, 0.25) is 5.91 Å². The van der Waals surface area contributed by atoms with Crippen molar-refractivity contribution in [1.82, 2.24) is 9.97 Å². The maximum absolute atomic E-state index is 12.5. The van der Waals surface area contributed by atoms with Crippen molar-refractivity contribution < 1.29 is 14.6 Å². The minimum absolute atomic E-state index is 0.134. The van der Waals surface area contributed by atoms with Crippen LogP contribution in [0.15, 0.2) is 60.9 Å². The standard InChI is InChI=1S/C25H28N4O3/c1-32-22-4-2-3-19(13-22)14-25(31)28-23-15-20(5-9-26-23)21-6-10-27-24(16-21)29-11-7-18(17-30)8-12-29/h2-6,9-10,13,15-16,18,30H,7-8,11-12,14,17H2,1H3,(H,26,28,31). The number of methoxy groups -OCH3 is 1. The van der Waals surface area contributed by atoms with E-state index in [2.05, 4.69) is 26.3 Å². The second kappa shape index (κ2) is 10.2. The number of benzene rings is 1. The first-order valence-corrected chi connectivity index (χ1v) is 10.9. The summed E-state index contributed by atoms with van der Waals surface area (Å²) in [6, 6.07) is 15.3. The number of nitrogens with one attached hydrogen (secondary N) is 1. The van der Waals surface area contributed by atoms with E-state index < -0.39 is 0 Å². The minimum Gasteiger partial charge on any atom is -0.497 e. The average molecular weight is 433 g/mol. The fourth-order valence-corrected chi connectivity index (χ4v) is 3.95. The van der Waals surface area contributed by atoms with Crippen molar-refractivity contribution in [3.63, 3.8) is 0 Å². The highest BCUT2D eigenvalue weighted by Gasteiger charge is 2.19. The van der Waals surface area contributed by atoms with E-state index in [1.807, 2.05) is 48.7 Å². The zero-order valence-electron chi connectivity index (χ0n) is 18.2. The largest absolute Gasteiger partial charge is 0.497 e. The number of carbonyl (C=O) groups excluding carboxylic acids is 1. The van der Waals surface area contributed by atoms with Gasteiger partial charge in [-0.3, -0.25) is 4.79 Å². The Morgan fingerprint density at radius 1 is 1.09 bits per heavy atom. The maximum Gasteiger partial charge on any atom is 0.229 e. The van der Waals surface area contributed by atoms with E-state index in [0.717, 1.165) is 54.2 Å². The monoisotopic (exact) mass is 432 g/mol. The van der Waals surface area contributed by atoms with Crippen molar-refractivity contribution in [3.8, 4) is 16.9 Å². The molecule has 0 aliphatic carbocycles. The Balaban J connectivity index is 1.44. The van der Waals surface area contributed by atoms with Crippen LogP contribution in [-0.2, 0) is 11.2 Å². The van der Waals surface area contributed by atoms with E-state index in [1.165, 1.54) is 0 Å². The zero-order chi connectivity index (χ0) is 22.3. The SMILES string of the molecule is COc1cccc(CC(=O)Nc2cc(-c3ccnc(N4CCC(CO)CC4)c3)ccn2)c1. The van der Waals surface area contributed by atoms with Gasteiger partial charge in [0, 0.05) is 32.1 Å². The number of ether oxygens (including phenoxy) is 1. The number of anilines is 2. The Morgan fingerprint density at radius 2 is 1.84 bits per heavy atom. The number of rotatable bonds is 7. The lowest BCUT2D eigenvalue weighted by Crippen LogP contribution is -2.35. The zero-order valence-corrected chi connectivity index (χ0v) is 18.2. The molecule has 0 saturated carbocycles. The number of aliphatic hydroxyl groups is 1. The molecule has 1 aliphatic heterocycles. The van der Waals surface area contributed by atoms with Crippen molar-refractivity contribution in [1.29, 1.82) is 0 Å². The second-order valence-corrected chi connectivity index (χ2v) is 8.02. The van der Waals surface area contributed by atoms with Gasteiger partial charge in [-0.1, -0.05) is 12.1 Å². The molecule has 166 valence electrons. The van der Waals surface area contributed by atoms with Gasteiger partial charge in [0.15, 0.2) is 0 Å². The van der Waals surface area contributed by atoms with Crippen LogP contribution in [0.5, 0.6) is 5.75 Å². The molecule has 0 bridgehead atoms. The number of nitrogens with zero attached hydrogens (tertiary/aromatic N) is 3. The van der Waals surface area contributed by atoms with Crippen LogP contribution in [0.3, 0.4) is 0 Å². The molecule has 3 aromatic rings. The van der Waals surface area contributed by atoms with Crippen LogP contribution in [0.4, 0.5) is 11.6 Å². The van der Waals surface area contributed by atoms with Gasteiger partial charge in [0.05, 0.1) is 13.5 Å². The van der Waals surface area contributed by atoms with Gasteiger partial charge in [0.25, 0.3) is 0 Å². The predicted molar refractivity (Wildman–Crippen MR) is 125 cm³/mol. The molecule has 1 saturated heterocycles. The van der Waals surface area contributed by atoms with Crippen LogP contribution in [0.25, 0.3) is 11.1 Å². The number of aromatic nitrogens is 2. The molecule has 32 heavy (non-hydrogen) atoms. The van der Waals surface area contributed by atoms with Gasteiger partial charge in [-0.15, -0.1) is 0 Å². The number of hydrogen-bond donors (Lipinski definition) is 2. The normalized spacial score (nSPS) is 14.2. The van der Waals surface area contributed by atoms with E-state index in [9.17, 15) is 9.90 Å².